The molecular weight excluding hydrogens is 422 g/mol. The van der Waals surface area contributed by atoms with Crippen molar-refractivity contribution in [1.29, 1.82) is 0 Å². The standard InChI is InChI=1S/C22H22F2N4O2S/c1-12-9-28(10-16(25)21(12)30)18-5-6-26-8-13(18)7-19(29)17-11-31-22(27-17)20-14(23)3-2-4-15(20)24/h2-6,8,11-12,16,21,30H,7,9-10,25H2,1H3/t12-,16-,21+/m1/s1. The summed E-state index contributed by atoms with van der Waals surface area (Å²) in [5.41, 5.74) is 7.52. The van der Waals surface area contributed by atoms with Crippen molar-refractivity contribution in [2.45, 2.75) is 25.5 Å². The number of thiazole rings is 1. The Labute approximate surface area is 182 Å². The third-order valence-corrected chi connectivity index (χ3v) is 6.36. The van der Waals surface area contributed by atoms with Gasteiger partial charge >= 0.3 is 0 Å². The van der Waals surface area contributed by atoms with E-state index in [2.05, 4.69) is 9.97 Å². The second-order valence-electron chi connectivity index (χ2n) is 7.78. The highest BCUT2D eigenvalue weighted by atomic mass is 32.1. The number of hydrogen-bond donors (Lipinski definition) is 2. The number of ketones is 1. The highest BCUT2D eigenvalue weighted by molar-refractivity contribution is 7.13. The normalized spacial score (nSPS) is 21.3. The predicted molar refractivity (Wildman–Crippen MR) is 115 cm³/mol. The topological polar surface area (TPSA) is 92.3 Å². The number of anilines is 1. The van der Waals surface area contributed by atoms with E-state index in [1.54, 1.807) is 12.4 Å². The van der Waals surface area contributed by atoms with Crippen LogP contribution < -0.4 is 10.6 Å². The first-order chi connectivity index (χ1) is 14.8. The third-order valence-electron chi connectivity index (χ3n) is 5.50. The molecule has 3 N–H and O–H groups in total. The lowest BCUT2D eigenvalue weighted by Gasteiger charge is -2.40. The summed E-state index contributed by atoms with van der Waals surface area (Å²) in [4.78, 5) is 23.3. The summed E-state index contributed by atoms with van der Waals surface area (Å²) in [5.74, 6) is -1.73. The van der Waals surface area contributed by atoms with Crippen LogP contribution in [-0.4, -0.2) is 46.1 Å². The van der Waals surface area contributed by atoms with Crippen LogP contribution >= 0.6 is 11.3 Å². The lowest BCUT2D eigenvalue weighted by Crippen LogP contribution is -2.55. The SMILES string of the molecule is C[C@@H]1CN(c2ccncc2CC(=O)c2csc(-c3c(F)cccc3F)n2)C[C@@H](N)[C@H]1O. The van der Waals surface area contributed by atoms with E-state index in [-0.39, 0.29) is 34.4 Å². The summed E-state index contributed by atoms with van der Waals surface area (Å²) >= 11 is 1.02. The number of hydrogen-bond acceptors (Lipinski definition) is 7. The van der Waals surface area contributed by atoms with Crippen LogP contribution in [0.2, 0.25) is 0 Å². The van der Waals surface area contributed by atoms with Gasteiger partial charge in [-0.15, -0.1) is 11.3 Å². The number of piperidine rings is 1. The maximum absolute atomic E-state index is 14.0. The number of nitrogens with two attached hydrogens (primary N) is 1. The molecule has 0 amide bonds. The van der Waals surface area contributed by atoms with E-state index in [0.29, 0.717) is 18.7 Å². The van der Waals surface area contributed by atoms with Gasteiger partial charge in [-0.25, -0.2) is 13.8 Å². The van der Waals surface area contributed by atoms with Crippen molar-refractivity contribution in [3.05, 3.63) is 64.9 Å². The van der Waals surface area contributed by atoms with Gasteiger partial charge in [0.2, 0.25) is 0 Å². The van der Waals surface area contributed by atoms with Crippen molar-refractivity contribution in [1.82, 2.24) is 9.97 Å². The van der Waals surface area contributed by atoms with E-state index >= 15 is 0 Å². The largest absolute Gasteiger partial charge is 0.391 e. The molecule has 0 aliphatic carbocycles. The zero-order valence-electron chi connectivity index (χ0n) is 16.8. The zero-order chi connectivity index (χ0) is 22.1. The number of aromatic nitrogens is 2. The minimum Gasteiger partial charge on any atom is -0.391 e. The molecule has 3 atom stereocenters. The van der Waals surface area contributed by atoms with Crippen molar-refractivity contribution in [2.24, 2.45) is 11.7 Å². The van der Waals surface area contributed by atoms with Crippen LogP contribution in [0.1, 0.15) is 23.0 Å². The van der Waals surface area contributed by atoms with E-state index in [1.165, 1.54) is 11.4 Å². The number of Topliss-reactive ketones (excluding diaryl/α,β-unsaturated/α-hetero) is 1. The molecule has 6 nitrogen and oxygen atoms in total. The van der Waals surface area contributed by atoms with Gasteiger partial charge in [-0.2, -0.15) is 0 Å². The predicted octanol–water partition coefficient (Wildman–Crippen LogP) is 3.05. The Kier molecular flexibility index (Phi) is 6.08. The number of aliphatic hydroxyl groups excluding tert-OH is 1. The molecule has 0 spiro atoms. The van der Waals surface area contributed by atoms with Gasteiger partial charge in [0.05, 0.1) is 11.7 Å². The summed E-state index contributed by atoms with van der Waals surface area (Å²) in [6, 6.07) is 5.03. The average Bonchev–Trinajstić information content (AvgIpc) is 3.22. The van der Waals surface area contributed by atoms with E-state index in [9.17, 15) is 18.7 Å². The Balaban J connectivity index is 1.56. The number of benzene rings is 1. The fraction of sp³-hybridized carbons (Fsp3) is 0.318. The minimum atomic E-state index is -0.722. The van der Waals surface area contributed by atoms with Crippen LogP contribution in [0.25, 0.3) is 10.6 Å². The number of nitrogens with zero attached hydrogens (tertiary/aromatic N) is 3. The summed E-state index contributed by atoms with van der Waals surface area (Å²) < 4.78 is 28.1. The van der Waals surface area contributed by atoms with Gasteiger partial charge in [0.25, 0.3) is 0 Å². The highest BCUT2D eigenvalue weighted by Crippen LogP contribution is 2.30. The Morgan fingerprint density at radius 3 is 2.74 bits per heavy atom. The van der Waals surface area contributed by atoms with Gasteiger partial charge < -0.3 is 15.7 Å². The Morgan fingerprint density at radius 1 is 1.29 bits per heavy atom. The Bertz CT molecular complexity index is 1070. The molecule has 1 aliphatic rings. The number of halogens is 2. The summed E-state index contributed by atoms with van der Waals surface area (Å²) in [6.07, 6.45) is 2.73. The number of pyridine rings is 1. The van der Waals surface area contributed by atoms with Crippen molar-refractivity contribution >= 4 is 22.8 Å². The fourth-order valence-electron chi connectivity index (χ4n) is 3.86. The lowest BCUT2D eigenvalue weighted by molar-refractivity contribution is 0.0784. The van der Waals surface area contributed by atoms with Crippen molar-refractivity contribution in [2.75, 3.05) is 18.0 Å². The molecule has 0 bridgehead atoms. The third kappa shape index (κ3) is 4.34. The molecule has 3 heterocycles. The molecule has 0 unspecified atom stereocenters. The van der Waals surface area contributed by atoms with Crippen LogP contribution in [0.3, 0.4) is 0 Å². The van der Waals surface area contributed by atoms with Gasteiger partial charge in [-0.05, 0) is 18.2 Å². The lowest BCUT2D eigenvalue weighted by atomic mass is 9.92. The van der Waals surface area contributed by atoms with Crippen LogP contribution in [0, 0.1) is 17.6 Å². The van der Waals surface area contributed by atoms with Gasteiger partial charge in [0.15, 0.2) is 5.78 Å². The first-order valence-corrected chi connectivity index (χ1v) is 10.8. The molecule has 0 radical (unpaired) electrons. The van der Waals surface area contributed by atoms with E-state index < -0.39 is 23.8 Å². The number of aliphatic hydroxyl groups is 1. The Morgan fingerprint density at radius 2 is 2.03 bits per heavy atom. The van der Waals surface area contributed by atoms with Crippen LogP contribution in [-0.2, 0) is 6.42 Å². The molecule has 1 saturated heterocycles. The van der Waals surface area contributed by atoms with E-state index in [0.717, 1.165) is 29.2 Å². The van der Waals surface area contributed by atoms with E-state index in [1.807, 2.05) is 17.9 Å². The molecule has 4 rings (SSSR count). The maximum atomic E-state index is 14.0. The molecule has 2 aromatic heterocycles. The van der Waals surface area contributed by atoms with Gasteiger partial charge in [-0.3, -0.25) is 9.78 Å². The molecule has 1 fully saturated rings. The quantitative estimate of drug-likeness (QED) is 0.588. The molecule has 1 aromatic carbocycles. The van der Waals surface area contributed by atoms with Crippen LogP contribution in [0.15, 0.2) is 42.0 Å². The maximum Gasteiger partial charge on any atom is 0.186 e. The molecule has 9 heteroatoms. The smallest absolute Gasteiger partial charge is 0.186 e. The molecule has 31 heavy (non-hydrogen) atoms. The van der Waals surface area contributed by atoms with Gasteiger partial charge in [0.1, 0.15) is 22.3 Å². The molecule has 3 aromatic rings. The fourth-order valence-corrected chi connectivity index (χ4v) is 4.73. The number of carbonyl (C=O) groups excluding carboxylic acids is 1. The molecule has 162 valence electrons. The first-order valence-electron chi connectivity index (χ1n) is 9.89. The number of rotatable bonds is 5. The van der Waals surface area contributed by atoms with Crippen LogP contribution in [0.5, 0.6) is 0 Å². The molecule has 0 saturated carbocycles. The summed E-state index contributed by atoms with van der Waals surface area (Å²) in [7, 11) is 0. The molecular formula is C22H22F2N4O2S. The van der Waals surface area contributed by atoms with E-state index in [4.69, 9.17) is 5.73 Å². The van der Waals surface area contributed by atoms with Crippen molar-refractivity contribution in [3.8, 4) is 10.6 Å². The van der Waals surface area contributed by atoms with Crippen molar-refractivity contribution in [3.63, 3.8) is 0 Å². The second-order valence-corrected chi connectivity index (χ2v) is 8.63. The second kappa shape index (κ2) is 8.78. The van der Waals surface area contributed by atoms with Gasteiger partial charge in [0, 0.05) is 60.5 Å². The highest BCUT2D eigenvalue weighted by Gasteiger charge is 2.32. The Hall–Kier alpha value is -2.75. The zero-order valence-corrected chi connectivity index (χ0v) is 17.6. The van der Waals surface area contributed by atoms with Crippen molar-refractivity contribution < 1.29 is 18.7 Å². The number of carbonyl (C=O) groups is 1. The first kappa shape index (κ1) is 21.5. The van der Waals surface area contributed by atoms with Crippen LogP contribution in [0.4, 0.5) is 14.5 Å². The average molecular weight is 445 g/mol. The van der Waals surface area contributed by atoms with Gasteiger partial charge in [-0.1, -0.05) is 13.0 Å². The monoisotopic (exact) mass is 444 g/mol. The summed E-state index contributed by atoms with van der Waals surface area (Å²) in [6.45, 7) is 3.00. The minimum absolute atomic E-state index is 0.0165. The molecule has 1 aliphatic heterocycles. The summed E-state index contributed by atoms with van der Waals surface area (Å²) in [5, 5.41) is 11.8.